The van der Waals surface area contributed by atoms with Crippen LogP contribution in [0.25, 0.3) is 0 Å². The van der Waals surface area contributed by atoms with Crippen LogP contribution in [0.15, 0.2) is 24.7 Å². The third kappa shape index (κ3) is 5.43. The van der Waals surface area contributed by atoms with Crippen molar-refractivity contribution in [1.29, 1.82) is 0 Å². The third-order valence-electron chi connectivity index (χ3n) is 6.24. The van der Waals surface area contributed by atoms with Crippen molar-refractivity contribution < 1.29 is 39.5 Å². The SMILES string of the molecule is Cc1c(C(F)(F)F)ccc2c1CN(S(=O)(=O)C(F)(F)F)CC(CCOC1CC1)N2Cc1cnc[nH]1. The molecule has 1 aromatic heterocycles. The van der Waals surface area contributed by atoms with Gasteiger partial charge < -0.3 is 14.6 Å². The van der Waals surface area contributed by atoms with Crippen LogP contribution in [0, 0.1) is 6.92 Å². The van der Waals surface area contributed by atoms with Gasteiger partial charge in [-0.2, -0.15) is 30.6 Å². The van der Waals surface area contributed by atoms with Crippen LogP contribution < -0.4 is 4.90 Å². The molecule has 1 aromatic carbocycles. The van der Waals surface area contributed by atoms with Crippen LogP contribution in [0.5, 0.6) is 0 Å². The predicted octanol–water partition coefficient (Wildman–Crippen LogP) is 4.35. The molecule has 0 saturated heterocycles. The molecule has 4 rings (SSSR count). The smallest absolute Gasteiger partial charge is 0.378 e. The minimum atomic E-state index is -5.81. The molecule has 7 nitrogen and oxygen atoms in total. The molecule has 1 atom stereocenters. The summed E-state index contributed by atoms with van der Waals surface area (Å²) in [5.74, 6) is 0. The number of H-pyrrole nitrogens is 1. The number of halogens is 6. The Morgan fingerprint density at radius 1 is 1.17 bits per heavy atom. The van der Waals surface area contributed by atoms with Crippen LogP contribution >= 0.6 is 0 Å². The first-order chi connectivity index (χ1) is 16.3. The highest BCUT2D eigenvalue weighted by molar-refractivity contribution is 7.89. The first-order valence-electron chi connectivity index (χ1n) is 10.9. The van der Waals surface area contributed by atoms with Gasteiger partial charge in [0.05, 0.1) is 30.2 Å². The minimum absolute atomic E-state index is 0.0701. The number of benzene rings is 1. The first-order valence-corrected chi connectivity index (χ1v) is 12.3. The quantitative estimate of drug-likeness (QED) is 0.543. The van der Waals surface area contributed by atoms with Gasteiger partial charge in [0.25, 0.3) is 0 Å². The second kappa shape index (κ2) is 9.28. The Bertz CT molecular complexity index is 1150. The molecule has 1 fully saturated rings. The van der Waals surface area contributed by atoms with Crippen LogP contribution in [0.2, 0.25) is 0 Å². The van der Waals surface area contributed by atoms with Crippen LogP contribution in [0.3, 0.4) is 0 Å². The van der Waals surface area contributed by atoms with Gasteiger partial charge in [-0.15, -0.1) is 0 Å². The van der Waals surface area contributed by atoms with E-state index >= 15 is 0 Å². The van der Waals surface area contributed by atoms with Gasteiger partial charge in [-0.3, -0.25) is 0 Å². The largest absolute Gasteiger partial charge is 0.511 e. The van der Waals surface area contributed by atoms with E-state index in [4.69, 9.17) is 4.74 Å². The summed E-state index contributed by atoms with van der Waals surface area (Å²) in [5, 5.41) is 0. The highest BCUT2D eigenvalue weighted by atomic mass is 32.2. The molecule has 1 aliphatic carbocycles. The summed E-state index contributed by atoms with van der Waals surface area (Å²) < 4.78 is 112. The van der Waals surface area contributed by atoms with E-state index < -0.39 is 46.4 Å². The average molecular weight is 527 g/mol. The standard InChI is InChI=1S/C21H24F6N4O3S/c1-13-17-11-30(35(32,33)21(25,26)27)10-15(6-7-34-16-2-3-16)31(9-14-8-28-12-29-14)19(17)5-4-18(13)20(22,23)24/h4-5,8,12,15-16H,2-3,6-7,9-11H2,1H3,(H,28,29). The predicted molar refractivity (Wildman–Crippen MR) is 114 cm³/mol. The number of nitrogens with one attached hydrogen (secondary N) is 1. The molecule has 2 aliphatic rings. The molecule has 2 heterocycles. The van der Waals surface area contributed by atoms with Crippen molar-refractivity contribution in [3.8, 4) is 0 Å². The number of aromatic amines is 1. The molecule has 35 heavy (non-hydrogen) atoms. The van der Waals surface area contributed by atoms with Gasteiger partial charge in [0.1, 0.15) is 0 Å². The Kier molecular flexibility index (Phi) is 6.83. The van der Waals surface area contributed by atoms with E-state index in [-0.39, 0.29) is 46.8 Å². The van der Waals surface area contributed by atoms with E-state index in [0.717, 1.165) is 25.8 Å². The van der Waals surface area contributed by atoms with E-state index in [1.165, 1.54) is 18.6 Å². The molecule has 0 amide bonds. The maximum atomic E-state index is 13.6. The first kappa shape index (κ1) is 25.8. The maximum Gasteiger partial charge on any atom is 0.511 e. The van der Waals surface area contributed by atoms with Crippen molar-refractivity contribution in [2.45, 2.75) is 63.1 Å². The number of fused-ring (bicyclic) bond motifs is 1. The molecule has 14 heteroatoms. The normalized spacial score (nSPS) is 20.1. The topological polar surface area (TPSA) is 78.5 Å². The Morgan fingerprint density at radius 2 is 1.89 bits per heavy atom. The minimum Gasteiger partial charge on any atom is -0.378 e. The number of rotatable bonds is 7. The van der Waals surface area contributed by atoms with Gasteiger partial charge in [-0.05, 0) is 49.4 Å². The van der Waals surface area contributed by atoms with Crippen molar-refractivity contribution in [1.82, 2.24) is 14.3 Å². The summed E-state index contributed by atoms with van der Waals surface area (Å²) in [6, 6.07) is 1.27. The van der Waals surface area contributed by atoms with Crippen molar-refractivity contribution in [2.24, 2.45) is 0 Å². The number of nitrogens with zero attached hydrogens (tertiary/aromatic N) is 3. The summed E-state index contributed by atoms with van der Waals surface area (Å²) in [4.78, 5) is 8.44. The maximum absolute atomic E-state index is 13.6. The summed E-state index contributed by atoms with van der Waals surface area (Å²) in [5.41, 5.74) is -6.27. The third-order valence-corrected chi connectivity index (χ3v) is 7.78. The fourth-order valence-corrected chi connectivity index (χ4v) is 5.20. The van der Waals surface area contributed by atoms with E-state index in [0.29, 0.717) is 5.69 Å². The summed E-state index contributed by atoms with van der Waals surface area (Å²) in [6.45, 7) is -0.0215. The zero-order valence-electron chi connectivity index (χ0n) is 18.7. The molecule has 2 aromatic rings. The fraction of sp³-hybridized carbons (Fsp3) is 0.571. The van der Waals surface area contributed by atoms with Gasteiger partial charge in [-0.25, -0.2) is 13.4 Å². The van der Waals surface area contributed by atoms with E-state index in [9.17, 15) is 34.8 Å². The number of aromatic nitrogens is 2. The van der Waals surface area contributed by atoms with Crippen LogP contribution in [0.1, 0.15) is 41.6 Å². The van der Waals surface area contributed by atoms with Crippen LogP contribution in [0.4, 0.5) is 32.0 Å². The number of alkyl halides is 6. The molecule has 1 saturated carbocycles. The lowest BCUT2D eigenvalue weighted by molar-refractivity contribution is -0.138. The lowest BCUT2D eigenvalue weighted by Crippen LogP contribution is -2.47. The van der Waals surface area contributed by atoms with Crippen LogP contribution in [-0.2, 0) is 34.0 Å². The molecule has 0 radical (unpaired) electrons. The molecule has 0 bridgehead atoms. The zero-order valence-corrected chi connectivity index (χ0v) is 19.5. The fourth-order valence-electron chi connectivity index (χ4n) is 4.24. The summed E-state index contributed by atoms with van der Waals surface area (Å²) in [7, 11) is -5.81. The Hall–Kier alpha value is -2.32. The van der Waals surface area contributed by atoms with Crippen molar-refractivity contribution >= 4 is 15.7 Å². The molecule has 0 spiro atoms. The van der Waals surface area contributed by atoms with Gasteiger partial charge >= 0.3 is 21.7 Å². The lowest BCUT2D eigenvalue weighted by atomic mass is 9.98. The second-order valence-corrected chi connectivity index (χ2v) is 10.6. The van der Waals surface area contributed by atoms with Gasteiger partial charge in [0.15, 0.2) is 0 Å². The van der Waals surface area contributed by atoms with Crippen molar-refractivity contribution in [3.63, 3.8) is 0 Å². The summed E-state index contributed by atoms with van der Waals surface area (Å²) in [6.07, 6.45) is 0.124. The molecule has 1 N–H and O–H groups in total. The van der Waals surface area contributed by atoms with Crippen molar-refractivity contribution in [3.05, 3.63) is 47.0 Å². The van der Waals surface area contributed by atoms with E-state index in [1.54, 1.807) is 4.90 Å². The highest BCUT2D eigenvalue weighted by Crippen LogP contribution is 2.41. The van der Waals surface area contributed by atoms with E-state index in [2.05, 4.69) is 9.97 Å². The number of hydrogen-bond acceptors (Lipinski definition) is 5. The van der Waals surface area contributed by atoms with Gasteiger partial charge in [0, 0.05) is 37.6 Å². The van der Waals surface area contributed by atoms with Crippen LogP contribution in [-0.4, -0.2) is 53.5 Å². The number of hydrogen-bond donors (Lipinski definition) is 1. The molecular weight excluding hydrogens is 502 g/mol. The summed E-state index contributed by atoms with van der Waals surface area (Å²) >= 11 is 0. The Morgan fingerprint density at radius 3 is 2.46 bits per heavy atom. The number of anilines is 1. The number of ether oxygens (including phenoxy) is 1. The van der Waals surface area contributed by atoms with Gasteiger partial charge in [-0.1, -0.05) is 0 Å². The second-order valence-electron chi connectivity index (χ2n) is 8.69. The monoisotopic (exact) mass is 526 g/mol. The van der Waals surface area contributed by atoms with Gasteiger partial charge in [0.2, 0.25) is 0 Å². The highest BCUT2D eigenvalue weighted by Gasteiger charge is 2.51. The van der Waals surface area contributed by atoms with Crippen molar-refractivity contribution in [2.75, 3.05) is 18.1 Å². The number of sulfonamides is 1. The Balaban J connectivity index is 1.82. The average Bonchev–Trinajstić information content (AvgIpc) is 3.45. The lowest BCUT2D eigenvalue weighted by Gasteiger charge is -2.34. The zero-order chi connectivity index (χ0) is 25.6. The molecule has 1 unspecified atom stereocenters. The number of imidazole rings is 1. The molecular formula is C21H24F6N4O3S. The molecule has 194 valence electrons. The molecule has 1 aliphatic heterocycles. The van der Waals surface area contributed by atoms with E-state index in [1.807, 2.05) is 0 Å². The Labute approximate surface area is 198 Å².